The molecule has 0 aromatic rings. The molecule has 0 heterocycles. The normalized spacial score (nSPS) is 25.8. The van der Waals surface area contributed by atoms with Crippen LogP contribution in [0.5, 0.6) is 0 Å². The monoisotopic (exact) mass is 241 g/mol. The summed E-state index contributed by atoms with van der Waals surface area (Å²) >= 11 is 0. The van der Waals surface area contributed by atoms with Crippen LogP contribution < -0.4 is 0 Å². The highest BCUT2D eigenvalue weighted by Crippen LogP contribution is 2.32. The minimum atomic E-state index is 0.341. The predicted octanol–water partition coefficient (Wildman–Crippen LogP) is 3.30. The lowest BCUT2D eigenvalue weighted by Gasteiger charge is -2.39. The van der Waals surface area contributed by atoms with Gasteiger partial charge in [0.1, 0.15) is 0 Å². The molecule has 0 aromatic heterocycles. The summed E-state index contributed by atoms with van der Waals surface area (Å²) in [5, 5.41) is 8.84. The van der Waals surface area contributed by atoms with Crippen molar-refractivity contribution in [1.82, 2.24) is 4.90 Å². The topological polar surface area (TPSA) is 23.5 Å². The summed E-state index contributed by atoms with van der Waals surface area (Å²) in [5.74, 6) is 1.73. The van der Waals surface area contributed by atoms with Crippen LogP contribution in [0.25, 0.3) is 0 Å². The van der Waals surface area contributed by atoms with Gasteiger partial charge in [-0.1, -0.05) is 26.7 Å². The maximum atomic E-state index is 8.84. The summed E-state index contributed by atoms with van der Waals surface area (Å²) in [4.78, 5) is 2.56. The van der Waals surface area contributed by atoms with Gasteiger partial charge in [-0.05, 0) is 57.5 Å². The molecule has 2 atom stereocenters. The first kappa shape index (κ1) is 15.0. The van der Waals surface area contributed by atoms with Crippen LogP contribution in [0.2, 0.25) is 0 Å². The molecule has 1 saturated carbocycles. The zero-order chi connectivity index (χ0) is 12.7. The molecule has 0 aromatic carbocycles. The Balaban J connectivity index is 2.40. The molecule has 1 rings (SSSR count). The van der Waals surface area contributed by atoms with Crippen LogP contribution >= 0.6 is 0 Å². The van der Waals surface area contributed by atoms with E-state index in [4.69, 9.17) is 5.11 Å². The van der Waals surface area contributed by atoms with Gasteiger partial charge >= 0.3 is 0 Å². The van der Waals surface area contributed by atoms with Crippen LogP contribution in [-0.4, -0.2) is 36.2 Å². The van der Waals surface area contributed by atoms with Crippen molar-refractivity contribution in [2.24, 2.45) is 11.8 Å². The molecule has 1 aliphatic carbocycles. The Morgan fingerprint density at radius 2 is 1.88 bits per heavy atom. The maximum absolute atomic E-state index is 8.84. The van der Waals surface area contributed by atoms with Crippen molar-refractivity contribution in [3.63, 3.8) is 0 Å². The molecule has 0 saturated heterocycles. The Bertz CT molecular complexity index is 193. The van der Waals surface area contributed by atoms with Gasteiger partial charge in [0.2, 0.25) is 0 Å². The van der Waals surface area contributed by atoms with Gasteiger partial charge in [0.25, 0.3) is 0 Å². The highest BCUT2D eigenvalue weighted by molar-refractivity contribution is 4.82. The van der Waals surface area contributed by atoms with Crippen molar-refractivity contribution in [3.05, 3.63) is 0 Å². The van der Waals surface area contributed by atoms with Crippen LogP contribution in [0.15, 0.2) is 0 Å². The number of aliphatic hydroxyl groups excluding tert-OH is 1. The van der Waals surface area contributed by atoms with Crippen LogP contribution in [0, 0.1) is 11.8 Å². The lowest BCUT2D eigenvalue weighted by atomic mass is 9.79. The molecule has 1 aliphatic rings. The molecular formula is C15H31NO. The van der Waals surface area contributed by atoms with Crippen molar-refractivity contribution < 1.29 is 5.11 Å². The van der Waals surface area contributed by atoms with Crippen LogP contribution in [-0.2, 0) is 0 Å². The van der Waals surface area contributed by atoms with E-state index in [0.717, 1.165) is 37.3 Å². The first-order valence-electron chi connectivity index (χ1n) is 7.46. The molecular weight excluding hydrogens is 210 g/mol. The Kier molecular flexibility index (Phi) is 7.14. The Morgan fingerprint density at radius 3 is 2.53 bits per heavy atom. The number of nitrogens with zero attached hydrogens (tertiary/aromatic N) is 1. The van der Waals surface area contributed by atoms with Crippen molar-refractivity contribution in [2.75, 3.05) is 20.2 Å². The van der Waals surface area contributed by atoms with Gasteiger partial charge in [-0.2, -0.15) is 0 Å². The van der Waals surface area contributed by atoms with Gasteiger partial charge in [0.15, 0.2) is 0 Å². The summed E-state index contributed by atoms with van der Waals surface area (Å²) < 4.78 is 0. The quantitative estimate of drug-likeness (QED) is 0.691. The van der Waals surface area contributed by atoms with Gasteiger partial charge in [-0.15, -0.1) is 0 Å². The SMILES string of the molecule is CC(C)CC1CCCCC1N(C)CCCCO. The highest BCUT2D eigenvalue weighted by Gasteiger charge is 2.28. The standard InChI is InChI=1S/C15H31NO/c1-13(2)12-14-8-4-5-9-15(14)16(3)10-6-7-11-17/h13-15,17H,4-12H2,1-3H3. The summed E-state index contributed by atoms with van der Waals surface area (Å²) in [6, 6.07) is 0.796. The minimum Gasteiger partial charge on any atom is -0.396 e. The molecule has 0 spiro atoms. The first-order chi connectivity index (χ1) is 8.15. The van der Waals surface area contributed by atoms with E-state index in [2.05, 4.69) is 25.8 Å². The van der Waals surface area contributed by atoms with Crippen molar-refractivity contribution in [3.8, 4) is 0 Å². The molecule has 2 nitrogen and oxygen atoms in total. The molecule has 0 amide bonds. The number of rotatable bonds is 7. The summed E-state index contributed by atoms with van der Waals surface area (Å²) in [6.07, 6.45) is 9.11. The maximum Gasteiger partial charge on any atom is 0.0431 e. The third-order valence-corrected chi connectivity index (χ3v) is 4.13. The number of hydrogen-bond donors (Lipinski definition) is 1. The second-order valence-corrected chi connectivity index (χ2v) is 6.15. The van der Waals surface area contributed by atoms with Crippen molar-refractivity contribution >= 4 is 0 Å². The molecule has 0 radical (unpaired) electrons. The molecule has 102 valence electrons. The largest absolute Gasteiger partial charge is 0.396 e. The van der Waals surface area contributed by atoms with Gasteiger partial charge in [0.05, 0.1) is 0 Å². The number of hydrogen-bond acceptors (Lipinski definition) is 2. The molecule has 0 aliphatic heterocycles. The average Bonchev–Trinajstić information content (AvgIpc) is 2.29. The van der Waals surface area contributed by atoms with E-state index < -0.39 is 0 Å². The fraction of sp³-hybridized carbons (Fsp3) is 1.00. The zero-order valence-corrected chi connectivity index (χ0v) is 12.0. The Labute approximate surface area is 107 Å². The highest BCUT2D eigenvalue weighted by atomic mass is 16.2. The van der Waals surface area contributed by atoms with Gasteiger partial charge < -0.3 is 10.0 Å². The second-order valence-electron chi connectivity index (χ2n) is 6.15. The number of unbranched alkanes of at least 4 members (excludes halogenated alkanes) is 1. The van der Waals surface area contributed by atoms with Crippen LogP contribution in [0.3, 0.4) is 0 Å². The summed E-state index contributed by atoms with van der Waals surface area (Å²) in [7, 11) is 2.28. The number of aliphatic hydroxyl groups is 1. The van der Waals surface area contributed by atoms with E-state index in [-0.39, 0.29) is 0 Å². The van der Waals surface area contributed by atoms with Crippen LogP contribution in [0.4, 0.5) is 0 Å². The van der Waals surface area contributed by atoms with Crippen molar-refractivity contribution in [1.29, 1.82) is 0 Å². The van der Waals surface area contributed by atoms with E-state index in [1.165, 1.54) is 32.1 Å². The fourth-order valence-corrected chi connectivity index (χ4v) is 3.29. The van der Waals surface area contributed by atoms with Crippen LogP contribution in [0.1, 0.15) is 58.8 Å². The lowest BCUT2D eigenvalue weighted by Crippen LogP contribution is -2.41. The van der Waals surface area contributed by atoms with E-state index >= 15 is 0 Å². The molecule has 1 fully saturated rings. The fourth-order valence-electron chi connectivity index (χ4n) is 3.29. The Hall–Kier alpha value is -0.0800. The molecule has 2 unspecified atom stereocenters. The van der Waals surface area contributed by atoms with E-state index in [1.54, 1.807) is 0 Å². The van der Waals surface area contributed by atoms with E-state index in [1.807, 2.05) is 0 Å². The molecule has 2 heteroatoms. The van der Waals surface area contributed by atoms with E-state index in [9.17, 15) is 0 Å². The van der Waals surface area contributed by atoms with Gasteiger partial charge in [-0.3, -0.25) is 0 Å². The minimum absolute atomic E-state index is 0.341. The van der Waals surface area contributed by atoms with Crippen molar-refractivity contribution in [2.45, 2.75) is 64.8 Å². The average molecular weight is 241 g/mol. The lowest BCUT2D eigenvalue weighted by molar-refractivity contribution is 0.111. The Morgan fingerprint density at radius 1 is 1.18 bits per heavy atom. The third kappa shape index (κ3) is 5.39. The summed E-state index contributed by atoms with van der Waals surface area (Å²) in [5.41, 5.74) is 0. The third-order valence-electron chi connectivity index (χ3n) is 4.13. The van der Waals surface area contributed by atoms with Gasteiger partial charge in [0, 0.05) is 12.6 Å². The predicted molar refractivity (Wildman–Crippen MR) is 74.2 cm³/mol. The first-order valence-corrected chi connectivity index (χ1v) is 7.46. The zero-order valence-electron chi connectivity index (χ0n) is 12.0. The second kappa shape index (κ2) is 8.10. The molecule has 1 N–H and O–H groups in total. The smallest absolute Gasteiger partial charge is 0.0431 e. The molecule has 17 heavy (non-hydrogen) atoms. The summed E-state index contributed by atoms with van der Waals surface area (Å²) in [6.45, 7) is 6.18. The van der Waals surface area contributed by atoms with Gasteiger partial charge in [-0.25, -0.2) is 0 Å². The van der Waals surface area contributed by atoms with E-state index in [0.29, 0.717) is 6.61 Å². The molecule has 0 bridgehead atoms.